The summed E-state index contributed by atoms with van der Waals surface area (Å²) in [5.41, 5.74) is 2.87. The zero-order valence-electron chi connectivity index (χ0n) is 12.8. The third-order valence-corrected chi connectivity index (χ3v) is 5.97. The Balaban J connectivity index is 1.51. The fourth-order valence-corrected chi connectivity index (χ4v) is 4.59. The zero-order valence-corrected chi connectivity index (χ0v) is 14.4. The Morgan fingerprint density at radius 3 is 2.87 bits per heavy atom. The normalized spacial score (nSPS) is 12.7. The standard InChI is InChI=1S/C18H16N2OS2/c1-11-9-19-18(23-11)20-16(21)10-22-15-8-7-13-6-5-12-3-2-4-14(15)17(12)13/h2-4,7-9H,5-6,10H2,1H3,(H,19,20,21). The molecule has 23 heavy (non-hydrogen) atoms. The number of thioether (sulfide) groups is 1. The number of rotatable bonds is 4. The van der Waals surface area contributed by atoms with Crippen molar-refractivity contribution in [3.63, 3.8) is 0 Å². The van der Waals surface area contributed by atoms with Gasteiger partial charge in [-0.15, -0.1) is 23.1 Å². The molecule has 3 aromatic rings. The molecule has 0 unspecified atom stereocenters. The van der Waals surface area contributed by atoms with Gasteiger partial charge in [-0.1, -0.05) is 24.3 Å². The van der Waals surface area contributed by atoms with Crippen LogP contribution in [-0.2, 0) is 17.6 Å². The summed E-state index contributed by atoms with van der Waals surface area (Å²) in [7, 11) is 0. The Morgan fingerprint density at radius 1 is 1.26 bits per heavy atom. The molecule has 0 bridgehead atoms. The lowest BCUT2D eigenvalue weighted by molar-refractivity contribution is -0.113. The van der Waals surface area contributed by atoms with E-state index < -0.39 is 0 Å². The van der Waals surface area contributed by atoms with Gasteiger partial charge in [0.2, 0.25) is 5.91 Å². The van der Waals surface area contributed by atoms with Gasteiger partial charge in [-0.05, 0) is 47.7 Å². The van der Waals surface area contributed by atoms with Crippen LogP contribution in [0.15, 0.2) is 41.4 Å². The van der Waals surface area contributed by atoms with Crippen molar-refractivity contribution in [2.75, 3.05) is 11.1 Å². The van der Waals surface area contributed by atoms with E-state index in [-0.39, 0.29) is 5.91 Å². The molecule has 4 rings (SSSR count). The van der Waals surface area contributed by atoms with Crippen LogP contribution < -0.4 is 5.32 Å². The fourth-order valence-electron chi connectivity index (χ4n) is 3.06. The number of carbonyl (C=O) groups excluding carboxylic acids is 1. The largest absolute Gasteiger partial charge is 0.301 e. The molecule has 1 aliphatic carbocycles. The lowest BCUT2D eigenvalue weighted by Crippen LogP contribution is -2.13. The summed E-state index contributed by atoms with van der Waals surface area (Å²) in [5, 5.41) is 6.21. The summed E-state index contributed by atoms with van der Waals surface area (Å²) in [5.74, 6) is 0.393. The van der Waals surface area contributed by atoms with Crippen LogP contribution in [0.25, 0.3) is 10.8 Å². The predicted molar refractivity (Wildman–Crippen MR) is 97.6 cm³/mol. The third kappa shape index (κ3) is 2.86. The number of carbonyl (C=O) groups is 1. The number of aromatic nitrogens is 1. The first kappa shape index (κ1) is 14.7. The van der Waals surface area contributed by atoms with Crippen molar-refractivity contribution in [3.8, 4) is 0 Å². The number of aryl methyl sites for hydroxylation is 3. The van der Waals surface area contributed by atoms with Crippen molar-refractivity contribution in [2.24, 2.45) is 0 Å². The van der Waals surface area contributed by atoms with E-state index in [1.165, 1.54) is 38.1 Å². The molecule has 0 saturated carbocycles. The predicted octanol–water partition coefficient (Wildman–Crippen LogP) is 4.43. The molecule has 0 radical (unpaired) electrons. The third-order valence-electron chi connectivity index (χ3n) is 4.06. The molecule has 0 saturated heterocycles. The minimum atomic E-state index is -0.00685. The van der Waals surface area contributed by atoms with E-state index in [9.17, 15) is 4.79 Å². The second-order valence-corrected chi connectivity index (χ2v) is 7.93. The first-order chi connectivity index (χ1) is 11.2. The van der Waals surface area contributed by atoms with Gasteiger partial charge in [0.25, 0.3) is 0 Å². The van der Waals surface area contributed by atoms with Crippen LogP contribution in [0, 0.1) is 6.92 Å². The van der Waals surface area contributed by atoms with Crippen molar-refractivity contribution in [2.45, 2.75) is 24.7 Å². The van der Waals surface area contributed by atoms with Crippen LogP contribution in [0.3, 0.4) is 0 Å². The summed E-state index contributed by atoms with van der Waals surface area (Å²) in [6.45, 7) is 1.98. The first-order valence-electron chi connectivity index (χ1n) is 7.59. The number of anilines is 1. The maximum Gasteiger partial charge on any atom is 0.236 e. The van der Waals surface area contributed by atoms with Gasteiger partial charge >= 0.3 is 0 Å². The Kier molecular flexibility index (Phi) is 3.83. The number of benzene rings is 2. The fraction of sp³-hybridized carbons (Fsp3) is 0.222. The van der Waals surface area contributed by atoms with Crippen LogP contribution in [0.1, 0.15) is 16.0 Å². The second kappa shape index (κ2) is 5.98. The van der Waals surface area contributed by atoms with Crippen LogP contribution >= 0.6 is 23.1 Å². The molecule has 0 aliphatic heterocycles. The van der Waals surface area contributed by atoms with Crippen molar-refractivity contribution in [3.05, 3.63) is 52.5 Å². The summed E-state index contributed by atoms with van der Waals surface area (Å²) in [6.07, 6.45) is 4.03. The molecule has 0 spiro atoms. The number of thiazole rings is 1. The molecule has 1 aliphatic rings. The number of amides is 1. The van der Waals surface area contributed by atoms with Crippen molar-refractivity contribution < 1.29 is 4.79 Å². The van der Waals surface area contributed by atoms with E-state index in [0.717, 1.165) is 17.7 Å². The highest BCUT2D eigenvalue weighted by molar-refractivity contribution is 8.00. The van der Waals surface area contributed by atoms with Gasteiger partial charge in [-0.25, -0.2) is 4.98 Å². The summed E-state index contributed by atoms with van der Waals surface area (Å²) in [4.78, 5) is 18.6. The summed E-state index contributed by atoms with van der Waals surface area (Å²) < 4.78 is 0. The van der Waals surface area contributed by atoms with E-state index in [0.29, 0.717) is 10.9 Å². The molecule has 3 nitrogen and oxygen atoms in total. The molecule has 5 heteroatoms. The lowest BCUT2D eigenvalue weighted by atomic mass is 10.1. The molecule has 1 aromatic heterocycles. The Labute approximate surface area is 143 Å². The quantitative estimate of drug-likeness (QED) is 0.714. The molecular formula is C18H16N2OS2. The average molecular weight is 340 g/mol. The number of hydrogen-bond acceptors (Lipinski definition) is 4. The molecule has 0 atom stereocenters. The number of nitrogens with one attached hydrogen (secondary N) is 1. The van der Waals surface area contributed by atoms with Gasteiger partial charge in [-0.2, -0.15) is 0 Å². The molecule has 2 aromatic carbocycles. The van der Waals surface area contributed by atoms with Gasteiger partial charge in [0, 0.05) is 16.0 Å². The van der Waals surface area contributed by atoms with Crippen molar-refractivity contribution >= 4 is 44.9 Å². The highest BCUT2D eigenvalue weighted by Crippen LogP contribution is 2.36. The maximum absolute atomic E-state index is 12.1. The van der Waals surface area contributed by atoms with E-state index in [1.54, 1.807) is 18.0 Å². The first-order valence-corrected chi connectivity index (χ1v) is 9.39. The molecule has 1 heterocycles. The van der Waals surface area contributed by atoms with Gasteiger partial charge < -0.3 is 5.32 Å². The van der Waals surface area contributed by atoms with E-state index in [1.807, 2.05) is 6.92 Å². The summed E-state index contributed by atoms with van der Waals surface area (Å²) >= 11 is 3.09. The SMILES string of the molecule is Cc1cnc(NC(=O)CSc2ccc3c4c(cccc24)CC3)s1. The van der Waals surface area contributed by atoms with Gasteiger partial charge in [0.1, 0.15) is 0 Å². The smallest absolute Gasteiger partial charge is 0.236 e. The highest BCUT2D eigenvalue weighted by atomic mass is 32.2. The van der Waals surface area contributed by atoms with E-state index in [2.05, 4.69) is 40.6 Å². The van der Waals surface area contributed by atoms with E-state index >= 15 is 0 Å². The monoisotopic (exact) mass is 340 g/mol. The van der Waals surface area contributed by atoms with Crippen molar-refractivity contribution in [1.29, 1.82) is 0 Å². The minimum Gasteiger partial charge on any atom is -0.301 e. The van der Waals surface area contributed by atoms with Crippen LogP contribution in [0.4, 0.5) is 5.13 Å². The summed E-state index contributed by atoms with van der Waals surface area (Å²) in [6, 6.07) is 10.9. The van der Waals surface area contributed by atoms with Gasteiger partial charge in [0.05, 0.1) is 5.75 Å². The zero-order chi connectivity index (χ0) is 15.8. The Morgan fingerprint density at radius 2 is 2.09 bits per heavy atom. The molecule has 1 amide bonds. The van der Waals surface area contributed by atoms with Crippen molar-refractivity contribution in [1.82, 2.24) is 4.98 Å². The lowest BCUT2D eigenvalue weighted by Gasteiger charge is -2.08. The molecule has 1 N–H and O–H groups in total. The van der Waals surface area contributed by atoms with Crippen LogP contribution in [0.2, 0.25) is 0 Å². The maximum atomic E-state index is 12.1. The molecule has 0 fully saturated rings. The van der Waals surface area contributed by atoms with Crippen LogP contribution in [0.5, 0.6) is 0 Å². The Hall–Kier alpha value is -1.85. The molecule has 116 valence electrons. The van der Waals surface area contributed by atoms with E-state index in [4.69, 9.17) is 0 Å². The van der Waals surface area contributed by atoms with Crippen LogP contribution in [-0.4, -0.2) is 16.6 Å². The average Bonchev–Trinajstić information content (AvgIpc) is 3.15. The number of nitrogens with zero attached hydrogens (tertiary/aromatic N) is 1. The number of hydrogen-bond donors (Lipinski definition) is 1. The van der Waals surface area contributed by atoms with Gasteiger partial charge in [-0.3, -0.25) is 4.79 Å². The van der Waals surface area contributed by atoms with Gasteiger partial charge in [0.15, 0.2) is 5.13 Å². The molecular weight excluding hydrogens is 324 g/mol. The second-order valence-electron chi connectivity index (χ2n) is 5.68. The highest BCUT2D eigenvalue weighted by Gasteiger charge is 2.16. The minimum absolute atomic E-state index is 0.00685. The Bertz CT molecular complexity index is 891. The topological polar surface area (TPSA) is 42.0 Å².